The summed E-state index contributed by atoms with van der Waals surface area (Å²) in [4.78, 5) is 0. The quantitative estimate of drug-likeness (QED) is 0.0516. The second kappa shape index (κ2) is 33.9. The average Bonchev–Trinajstić information content (AvgIpc) is 2.96. The minimum Gasteiger partial charge on any atom is -0.0654 e. The summed E-state index contributed by atoms with van der Waals surface area (Å²) in [5.74, 6) is 0. The summed E-state index contributed by atoms with van der Waals surface area (Å²) in [6.45, 7) is 9.37. The van der Waals surface area contributed by atoms with Crippen molar-refractivity contribution in [3.8, 4) is 0 Å². The molecule has 0 aromatic rings. The fraction of sp³-hybridized carbons (Fsp3) is 1.00. The second-order valence-corrected chi connectivity index (χ2v) is 18.3. The van der Waals surface area contributed by atoms with Gasteiger partial charge in [-0.2, -0.15) is 0 Å². The molecule has 0 heterocycles. The Labute approximate surface area is 258 Å². The maximum atomic E-state index is 2.35. The molecule has 0 amide bonds. The Morgan fingerprint density at radius 2 is 0.350 bits per heavy atom. The molecule has 242 valence electrons. The Balaban J connectivity index is 4.80. The molecule has 0 radical (unpaired) electrons. The summed E-state index contributed by atoms with van der Waals surface area (Å²) in [6.07, 6.45) is 52.7. The molecular formula is C39H82P+. The van der Waals surface area contributed by atoms with Gasteiger partial charge in [0.1, 0.15) is 0 Å². The van der Waals surface area contributed by atoms with Crippen molar-refractivity contribution in [2.24, 2.45) is 0 Å². The molecule has 0 fully saturated rings. The van der Waals surface area contributed by atoms with Gasteiger partial charge in [-0.15, -0.1) is 0 Å². The van der Waals surface area contributed by atoms with Crippen LogP contribution in [-0.4, -0.2) is 24.6 Å². The van der Waals surface area contributed by atoms with Crippen LogP contribution in [0.5, 0.6) is 0 Å². The molecule has 0 atom stereocenters. The largest absolute Gasteiger partial charge is 0.0654 e. The molecule has 0 rings (SSSR count). The van der Waals surface area contributed by atoms with Gasteiger partial charge in [-0.05, 0) is 51.4 Å². The highest BCUT2D eigenvalue weighted by Gasteiger charge is 2.35. The van der Waals surface area contributed by atoms with Gasteiger partial charge in [-0.1, -0.05) is 175 Å². The van der Waals surface area contributed by atoms with Gasteiger partial charge in [0.15, 0.2) is 0 Å². The number of unbranched alkanes of at least 4 members (excludes halogenated alkanes) is 27. The fourth-order valence-electron chi connectivity index (χ4n) is 6.82. The molecule has 0 spiro atoms. The highest BCUT2D eigenvalue weighted by atomic mass is 31.2. The Hall–Kier alpha value is 0.430. The summed E-state index contributed by atoms with van der Waals surface area (Å²) >= 11 is 0. The Morgan fingerprint density at radius 3 is 0.525 bits per heavy atom. The zero-order valence-corrected chi connectivity index (χ0v) is 30.1. The maximum absolute atomic E-state index is 2.35. The van der Waals surface area contributed by atoms with E-state index in [-0.39, 0.29) is 0 Å². The van der Waals surface area contributed by atoms with Gasteiger partial charge in [0.05, 0.1) is 24.6 Å². The zero-order chi connectivity index (χ0) is 29.2. The van der Waals surface area contributed by atoms with Crippen molar-refractivity contribution in [3.05, 3.63) is 0 Å². The topological polar surface area (TPSA) is 0 Å². The van der Waals surface area contributed by atoms with E-state index in [1.807, 2.05) is 0 Å². The van der Waals surface area contributed by atoms with E-state index in [1.165, 1.54) is 173 Å². The summed E-state index contributed by atoms with van der Waals surface area (Å²) in [5, 5.41) is 0. The van der Waals surface area contributed by atoms with Gasteiger partial charge in [0, 0.05) is 7.26 Å². The first-order valence-corrected chi connectivity index (χ1v) is 22.1. The monoisotopic (exact) mass is 582 g/mol. The lowest BCUT2D eigenvalue weighted by molar-refractivity contribution is 0.579. The van der Waals surface area contributed by atoms with E-state index in [2.05, 4.69) is 27.7 Å². The Kier molecular flexibility index (Phi) is 34.3. The van der Waals surface area contributed by atoms with Gasteiger partial charge in [0.25, 0.3) is 0 Å². The van der Waals surface area contributed by atoms with Crippen LogP contribution in [0.15, 0.2) is 0 Å². The SMILES string of the molecule is CCCCCCCCCC[P+](CCCCCCCCC)(CCCCCCCCCC)CCCCCCCCCC. The molecule has 0 aromatic carbocycles. The van der Waals surface area contributed by atoms with Crippen LogP contribution in [0.1, 0.15) is 227 Å². The summed E-state index contributed by atoms with van der Waals surface area (Å²) in [5.41, 5.74) is 0. The minimum atomic E-state index is -0.756. The first-order chi connectivity index (χ1) is 19.7. The molecule has 0 aliphatic carbocycles. The summed E-state index contributed by atoms with van der Waals surface area (Å²) in [6, 6.07) is 0. The smallest absolute Gasteiger partial charge is 0.0594 e. The van der Waals surface area contributed by atoms with Gasteiger partial charge < -0.3 is 0 Å². The van der Waals surface area contributed by atoms with Gasteiger partial charge >= 0.3 is 0 Å². The molecule has 0 saturated heterocycles. The van der Waals surface area contributed by atoms with Crippen LogP contribution < -0.4 is 0 Å². The lowest BCUT2D eigenvalue weighted by Crippen LogP contribution is -2.13. The van der Waals surface area contributed by atoms with Crippen LogP contribution in [0, 0.1) is 0 Å². The van der Waals surface area contributed by atoms with Crippen LogP contribution in [0.25, 0.3) is 0 Å². The molecule has 40 heavy (non-hydrogen) atoms. The summed E-state index contributed by atoms with van der Waals surface area (Å²) in [7, 11) is -0.756. The predicted molar refractivity (Wildman–Crippen MR) is 192 cm³/mol. The van der Waals surface area contributed by atoms with E-state index < -0.39 is 7.26 Å². The van der Waals surface area contributed by atoms with E-state index in [9.17, 15) is 0 Å². The van der Waals surface area contributed by atoms with Crippen LogP contribution >= 0.6 is 7.26 Å². The van der Waals surface area contributed by atoms with Crippen molar-refractivity contribution < 1.29 is 0 Å². The number of hydrogen-bond acceptors (Lipinski definition) is 0. The highest BCUT2D eigenvalue weighted by Crippen LogP contribution is 2.61. The average molecular weight is 582 g/mol. The third-order valence-corrected chi connectivity index (χ3v) is 14.8. The van der Waals surface area contributed by atoms with Crippen molar-refractivity contribution in [1.82, 2.24) is 0 Å². The van der Waals surface area contributed by atoms with Crippen LogP contribution in [-0.2, 0) is 0 Å². The number of hydrogen-bond donors (Lipinski definition) is 0. The van der Waals surface area contributed by atoms with Crippen molar-refractivity contribution in [2.45, 2.75) is 227 Å². The second-order valence-electron chi connectivity index (χ2n) is 13.8. The first kappa shape index (κ1) is 40.4. The van der Waals surface area contributed by atoms with E-state index in [4.69, 9.17) is 0 Å². The molecule has 0 nitrogen and oxygen atoms in total. The van der Waals surface area contributed by atoms with E-state index in [1.54, 1.807) is 50.3 Å². The lowest BCUT2D eigenvalue weighted by Gasteiger charge is -2.28. The van der Waals surface area contributed by atoms with Crippen molar-refractivity contribution in [3.63, 3.8) is 0 Å². The molecular weight excluding hydrogens is 499 g/mol. The first-order valence-electron chi connectivity index (χ1n) is 19.6. The highest BCUT2D eigenvalue weighted by molar-refractivity contribution is 7.75. The van der Waals surface area contributed by atoms with Crippen LogP contribution in [0.2, 0.25) is 0 Å². The van der Waals surface area contributed by atoms with Gasteiger partial charge in [0.2, 0.25) is 0 Å². The minimum absolute atomic E-state index is 0.756. The molecule has 0 bridgehead atoms. The van der Waals surface area contributed by atoms with E-state index in [0.29, 0.717) is 0 Å². The molecule has 0 aliphatic heterocycles. The zero-order valence-electron chi connectivity index (χ0n) is 29.2. The fourth-order valence-corrected chi connectivity index (χ4v) is 11.7. The Morgan fingerprint density at radius 1 is 0.200 bits per heavy atom. The van der Waals surface area contributed by atoms with Crippen LogP contribution in [0.4, 0.5) is 0 Å². The molecule has 0 N–H and O–H groups in total. The van der Waals surface area contributed by atoms with Crippen LogP contribution in [0.3, 0.4) is 0 Å². The molecule has 0 unspecified atom stereocenters. The standard InChI is InChI=1S/C39H82P/c1-5-9-13-17-21-25-29-33-37-40(36-32-28-24-20-16-12-8-4,38-34-30-26-22-18-14-10-6-2)39-35-31-27-23-19-15-11-7-3/h5-39H2,1-4H3/q+1. The molecule has 1 heteroatoms. The third-order valence-electron chi connectivity index (χ3n) is 9.69. The molecule has 0 aromatic heterocycles. The van der Waals surface area contributed by atoms with Crippen molar-refractivity contribution >= 4 is 7.26 Å². The van der Waals surface area contributed by atoms with Gasteiger partial charge in [-0.3, -0.25) is 0 Å². The summed E-state index contributed by atoms with van der Waals surface area (Å²) < 4.78 is 0. The number of rotatable bonds is 35. The van der Waals surface area contributed by atoms with Gasteiger partial charge in [-0.25, -0.2) is 0 Å². The lowest BCUT2D eigenvalue weighted by atomic mass is 10.1. The maximum Gasteiger partial charge on any atom is 0.0594 e. The molecule has 0 aliphatic rings. The van der Waals surface area contributed by atoms with E-state index >= 15 is 0 Å². The predicted octanol–water partition coefficient (Wildman–Crippen LogP) is 15.2. The normalized spacial score (nSPS) is 12.0. The van der Waals surface area contributed by atoms with E-state index in [0.717, 1.165) is 0 Å². The van der Waals surface area contributed by atoms with Crippen molar-refractivity contribution in [2.75, 3.05) is 24.6 Å². The third kappa shape index (κ3) is 28.5. The van der Waals surface area contributed by atoms with Crippen molar-refractivity contribution in [1.29, 1.82) is 0 Å². The molecule has 0 saturated carbocycles. The Bertz CT molecular complexity index is 394.